The van der Waals surface area contributed by atoms with Crippen LogP contribution in [0.1, 0.15) is 34.6 Å². The normalized spacial score (nSPS) is 26.6. The maximum atomic E-state index is 11.8. The standard InChI is InChI=1S/C11H22N2O3S/c1-9(14)6-12-13-10(2,3)7-17(15,16)8-11(13,4)5/h12H,6-8H2,1-5H3. The quantitative estimate of drug-likeness (QED) is 0.796. The number of hydrogen-bond donors (Lipinski definition) is 1. The molecule has 0 spiro atoms. The van der Waals surface area contributed by atoms with Gasteiger partial charge in [-0.2, -0.15) is 0 Å². The second kappa shape index (κ2) is 4.33. The zero-order chi connectivity index (χ0) is 13.5. The molecule has 0 saturated carbocycles. The average molecular weight is 262 g/mol. The van der Waals surface area contributed by atoms with Crippen LogP contribution in [-0.2, 0) is 14.6 Å². The Morgan fingerprint density at radius 3 is 1.94 bits per heavy atom. The van der Waals surface area contributed by atoms with Crippen LogP contribution in [0.5, 0.6) is 0 Å². The molecule has 0 aromatic heterocycles. The molecule has 100 valence electrons. The molecule has 1 rings (SSSR count). The fraction of sp³-hybridized carbons (Fsp3) is 0.909. The Bertz CT molecular complexity index is 388. The third-order valence-electron chi connectivity index (χ3n) is 2.84. The highest BCUT2D eigenvalue weighted by atomic mass is 32.2. The van der Waals surface area contributed by atoms with Gasteiger partial charge in [-0.3, -0.25) is 4.79 Å². The smallest absolute Gasteiger partial charge is 0.154 e. The molecule has 0 bridgehead atoms. The number of carbonyl (C=O) groups excluding carboxylic acids is 1. The molecular formula is C11H22N2O3S. The summed E-state index contributed by atoms with van der Waals surface area (Å²) < 4.78 is 23.7. The van der Waals surface area contributed by atoms with Crippen molar-refractivity contribution in [2.45, 2.75) is 45.7 Å². The first-order valence-corrected chi connectivity index (χ1v) is 7.52. The average Bonchev–Trinajstić information content (AvgIpc) is 1.94. The summed E-state index contributed by atoms with van der Waals surface area (Å²) in [5.74, 6) is 0.243. The van der Waals surface area contributed by atoms with Crippen LogP contribution in [0, 0.1) is 0 Å². The van der Waals surface area contributed by atoms with Gasteiger partial charge in [0, 0.05) is 11.1 Å². The van der Waals surface area contributed by atoms with Crippen molar-refractivity contribution in [3.8, 4) is 0 Å². The number of nitrogens with one attached hydrogen (secondary N) is 1. The van der Waals surface area contributed by atoms with E-state index in [4.69, 9.17) is 0 Å². The van der Waals surface area contributed by atoms with Gasteiger partial charge in [-0.25, -0.2) is 18.9 Å². The minimum atomic E-state index is -3.04. The second-order valence-electron chi connectivity index (χ2n) is 6.03. The van der Waals surface area contributed by atoms with E-state index in [9.17, 15) is 13.2 Å². The van der Waals surface area contributed by atoms with Crippen molar-refractivity contribution in [2.24, 2.45) is 0 Å². The Hall–Kier alpha value is -0.460. The van der Waals surface area contributed by atoms with Gasteiger partial charge in [-0.1, -0.05) is 0 Å². The van der Waals surface area contributed by atoms with Crippen molar-refractivity contribution in [3.63, 3.8) is 0 Å². The molecule has 0 amide bonds. The fourth-order valence-electron chi connectivity index (χ4n) is 2.69. The number of Topliss-reactive ketones (excluding diaryl/α,β-unsaturated/α-hetero) is 1. The first kappa shape index (κ1) is 14.6. The van der Waals surface area contributed by atoms with Crippen LogP contribution in [0.25, 0.3) is 0 Å². The number of nitrogens with zero attached hydrogens (tertiary/aromatic N) is 1. The van der Waals surface area contributed by atoms with Crippen LogP contribution in [0.3, 0.4) is 0 Å². The minimum absolute atomic E-state index is 0.0324. The zero-order valence-electron chi connectivity index (χ0n) is 11.2. The van der Waals surface area contributed by atoms with Gasteiger partial charge in [-0.05, 0) is 34.6 Å². The number of carbonyl (C=O) groups is 1. The summed E-state index contributed by atoms with van der Waals surface area (Å²) in [6, 6.07) is 0. The number of ketones is 1. The van der Waals surface area contributed by atoms with E-state index in [2.05, 4.69) is 5.43 Å². The molecule has 1 saturated heterocycles. The van der Waals surface area contributed by atoms with E-state index in [1.54, 1.807) is 0 Å². The first-order chi connectivity index (χ1) is 7.46. The van der Waals surface area contributed by atoms with Crippen molar-refractivity contribution < 1.29 is 13.2 Å². The van der Waals surface area contributed by atoms with Gasteiger partial charge in [0.05, 0.1) is 18.1 Å². The van der Waals surface area contributed by atoms with Crippen LogP contribution >= 0.6 is 0 Å². The van der Waals surface area contributed by atoms with Crippen LogP contribution in [0.15, 0.2) is 0 Å². The topological polar surface area (TPSA) is 66.5 Å². The highest BCUT2D eigenvalue weighted by Gasteiger charge is 2.47. The molecule has 0 radical (unpaired) electrons. The van der Waals surface area contributed by atoms with Crippen molar-refractivity contribution in [1.82, 2.24) is 10.4 Å². The lowest BCUT2D eigenvalue weighted by Gasteiger charge is -2.51. The molecule has 1 aliphatic heterocycles. The first-order valence-electron chi connectivity index (χ1n) is 5.70. The van der Waals surface area contributed by atoms with E-state index in [1.807, 2.05) is 32.7 Å². The van der Waals surface area contributed by atoms with E-state index in [0.29, 0.717) is 0 Å². The molecule has 0 aromatic rings. The summed E-state index contributed by atoms with van der Waals surface area (Å²) in [6.07, 6.45) is 0. The number of sulfone groups is 1. The number of rotatable bonds is 3. The monoisotopic (exact) mass is 262 g/mol. The zero-order valence-corrected chi connectivity index (χ0v) is 12.0. The summed E-state index contributed by atoms with van der Waals surface area (Å²) in [4.78, 5) is 11.0. The van der Waals surface area contributed by atoms with Crippen LogP contribution in [0.2, 0.25) is 0 Å². The molecule has 0 atom stereocenters. The van der Waals surface area contributed by atoms with E-state index in [-0.39, 0.29) is 23.8 Å². The molecule has 6 heteroatoms. The van der Waals surface area contributed by atoms with Crippen molar-refractivity contribution in [2.75, 3.05) is 18.1 Å². The van der Waals surface area contributed by atoms with Gasteiger partial charge in [-0.15, -0.1) is 0 Å². The number of hydrazine groups is 1. The summed E-state index contributed by atoms with van der Waals surface area (Å²) in [5, 5.41) is 1.91. The predicted octanol–water partition coefficient (Wildman–Crippen LogP) is 0.368. The highest BCUT2D eigenvalue weighted by Crippen LogP contribution is 2.31. The maximum absolute atomic E-state index is 11.8. The van der Waals surface area contributed by atoms with E-state index < -0.39 is 20.9 Å². The molecule has 1 aliphatic rings. The van der Waals surface area contributed by atoms with Crippen molar-refractivity contribution in [1.29, 1.82) is 0 Å². The second-order valence-corrected chi connectivity index (χ2v) is 8.09. The summed E-state index contributed by atoms with van der Waals surface area (Å²) in [7, 11) is -3.04. The molecule has 1 heterocycles. The molecule has 0 aromatic carbocycles. The maximum Gasteiger partial charge on any atom is 0.154 e. The van der Waals surface area contributed by atoms with Crippen LogP contribution in [-0.4, -0.2) is 48.3 Å². The predicted molar refractivity (Wildman–Crippen MR) is 67.3 cm³/mol. The molecular weight excluding hydrogens is 240 g/mol. The Balaban J connectivity index is 2.97. The van der Waals surface area contributed by atoms with Gasteiger partial charge >= 0.3 is 0 Å². The molecule has 1 fully saturated rings. The minimum Gasteiger partial charge on any atom is -0.299 e. The van der Waals surface area contributed by atoms with E-state index >= 15 is 0 Å². The summed E-state index contributed by atoms with van der Waals surface area (Å²) in [5.41, 5.74) is 2.02. The molecule has 17 heavy (non-hydrogen) atoms. The van der Waals surface area contributed by atoms with E-state index in [0.717, 1.165) is 0 Å². The number of hydrogen-bond acceptors (Lipinski definition) is 5. The van der Waals surface area contributed by atoms with Crippen LogP contribution in [0.4, 0.5) is 0 Å². The molecule has 0 aliphatic carbocycles. The van der Waals surface area contributed by atoms with Gasteiger partial charge in [0.2, 0.25) is 0 Å². The Labute approximate surface area is 103 Å². The van der Waals surface area contributed by atoms with Gasteiger partial charge in [0.25, 0.3) is 0 Å². The largest absolute Gasteiger partial charge is 0.299 e. The fourth-order valence-corrected chi connectivity index (χ4v) is 5.21. The lowest BCUT2D eigenvalue weighted by molar-refractivity contribution is -0.118. The lowest BCUT2D eigenvalue weighted by Crippen LogP contribution is -2.70. The highest BCUT2D eigenvalue weighted by molar-refractivity contribution is 7.91. The van der Waals surface area contributed by atoms with Crippen molar-refractivity contribution >= 4 is 15.6 Å². The third-order valence-corrected chi connectivity index (χ3v) is 5.14. The lowest BCUT2D eigenvalue weighted by atomic mass is 9.98. The Morgan fingerprint density at radius 1 is 1.18 bits per heavy atom. The Kier molecular flexibility index (Phi) is 3.72. The molecule has 1 N–H and O–H groups in total. The summed E-state index contributed by atoms with van der Waals surface area (Å²) >= 11 is 0. The summed E-state index contributed by atoms with van der Waals surface area (Å²) in [6.45, 7) is 9.23. The van der Waals surface area contributed by atoms with Crippen molar-refractivity contribution in [3.05, 3.63) is 0 Å². The third kappa shape index (κ3) is 3.50. The Morgan fingerprint density at radius 2 is 1.59 bits per heavy atom. The van der Waals surface area contributed by atoms with Gasteiger partial charge in [0.1, 0.15) is 5.78 Å². The van der Waals surface area contributed by atoms with Crippen LogP contribution < -0.4 is 5.43 Å². The molecule has 5 nitrogen and oxygen atoms in total. The van der Waals surface area contributed by atoms with Gasteiger partial charge in [0.15, 0.2) is 9.84 Å². The van der Waals surface area contributed by atoms with E-state index in [1.165, 1.54) is 6.92 Å². The van der Waals surface area contributed by atoms with Gasteiger partial charge < -0.3 is 0 Å². The molecule has 0 unspecified atom stereocenters. The SMILES string of the molecule is CC(=O)CNN1C(C)(C)CS(=O)(=O)CC1(C)C.